The van der Waals surface area contributed by atoms with Gasteiger partial charge in [-0.05, 0) is 45.4 Å². The summed E-state index contributed by atoms with van der Waals surface area (Å²) in [7, 11) is 2.05. The highest BCUT2D eigenvalue weighted by atomic mass is 16.5. The van der Waals surface area contributed by atoms with Crippen LogP contribution >= 0.6 is 0 Å². The molecule has 0 amide bonds. The Morgan fingerprint density at radius 2 is 2.12 bits per heavy atom. The van der Waals surface area contributed by atoms with Crippen molar-refractivity contribution in [2.24, 2.45) is 5.92 Å². The van der Waals surface area contributed by atoms with Crippen LogP contribution in [-0.2, 0) is 4.74 Å². The summed E-state index contributed by atoms with van der Waals surface area (Å²) in [5.41, 5.74) is 4.13. The van der Waals surface area contributed by atoms with Crippen molar-refractivity contribution in [2.75, 3.05) is 13.7 Å². The fourth-order valence-electron chi connectivity index (χ4n) is 2.96. The van der Waals surface area contributed by atoms with E-state index in [1.807, 2.05) is 0 Å². The predicted molar refractivity (Wildman–Crippen MR) is 71.2 cm³/mol. The van der Waals surface area contributed by atoms with Gasteiger partial charge in [0.1, 0.15) is 0 Å². The summed E-state index contributed by atoms with van der Waals surface area (Å²) in [5.74, 6) is 0.585. The number of hydrogen-bond acceptors (Lipinski definition) is 2. The molecule has 1 aromatic rings. The Kier molecular flexibility index (Phi) is 3.85. The summed E-state index contributed by atoms with van der Waals surface area (Å²) in [4.78, 5) is 0. The van der Waals surface area contributed by atoms with E-state index in [9.17, 15) is 0 Å². The molecule has 1 aromatic carbocycles. The molecule has 2 rings (SSSR count). The normalized spacial score (nSPS) is 26.1. The largest absolute Gasteiger partial charge is 0.378 e. The van der Waals surface area contributed by atoms with Gasteiger partial charge in [-0.2, -0.15) is 0 Å². The summed E-state index contributed by atoms with van der Waals surface area (Å²) in [6.45, 7) is 7.43. The van der Waals surface area contributed by atoms with Gasteiger partial charge in [-0.3, -0.25) is 0 Å². The third kappa shape index (κ3) is 2.53. The maximum atomic E-state index is 5.69. The van der Waals surface area contributed by atoms with E-state index in [0.29, 0.717) is 18.1 Å². The molecule has 0 bridgehead atoms. The van der Waals surface area contributed by atoms with Crippen LogP contribution in [0.15, 0.2) is 18.2 Å². The third-order valence-electron chi connectivity index (χ3n) is 3.93. The number of nitrogens with one attached hydrogen (secondary N) is 1. The molecule has 0 aliphatic carbocycles. The molecule has 1 heterocycles. The molecular formula is C15H23NO. The van der Waals surface area contributed by atoms with E-state index in [2.05, 4.69) is 51.3 Å². The van der Waals surface area contributed by atoms with Crippen LogP contribution in [0.3, 0.4) is 0 Å². The first-order valence-corrected chi connectivity index (χ1v) is 6.49. The second-order valence-corrected chi connectivity index (χ2v) is 5.15. The zero-order valence-corrected chi connectivity index (χ0v) is 11.3. The molecule has 94 valence electrons. The van der Waals surface area contributed by atoms with Crippen LogP contribution in [-0.4, -0.2) is 19.8 Å². The van der Waals surface area contributed by atoms with Gasteiger partial charge in [-0.15, -0.1) is 0 Å². The van der Waals surface area contributed by atoms with Crippen molar-refractivity contribution in [2.45, 2.75) is 39.3 Å². The molecule has 1 N–H and O–H groups in total. The van der Waals surface area contributed by atoms with Crippen LogP contribution < -0.4 is 5.32 Å². The average molecular weight is 233 g/mol. The minimum absolute atomic E-state index is 0.355. The van der Waals surface area contributed by atoms with E-state index < -0.39 is 0 Å². The zero-order chi connectivity index (χ0) is 12.4. The van der Waals surface area contributed by atoms with Gasteiger partial charge in [0.05, 0.1) is 6.10 Å². The molecule has 1 saturated heterocycles. The number of hydrogen-bond donors (Lipinski definition) is 1. The Labute approximate surface area is 104 Å². The summed E-state index contributed by atoms with van der Waals surface area (Å²) in [6, 6.07) is 7.14. The van der Waals surface area contributed by atoms with Crippen LogP contribution in [0.2, 0.25) is 0 Å². The van der Waals surface area contributed by atoms with E-state index in [0.717, 1.165) is 13.0 Å². The van der Waals surface area contributed by atoms with Crippen LogP contribution in [0, 0.1) is 19.8 Å². The van der Waals surface area contributed by atoms with Crippen LogP contribution in [0.1, 0.15) is 36.1 Å². The lowest BCUT2D eigenvalue weighted by Crippen LogP contribution is -2.30. The number of benzene rings is 1. The molecule has 1 fully saturated rings. The van der Waals surface area contributed by atoms with E-state index in [1.54, 1.807) is 0 Å². The maximum Gasteiger partial charge on any atom is 0.0594 e. The van der Waals surface area contributed by atoms with Crippen molar-refractivity contribution in [3.8, 4) is 0 Å². The Morgan fingerprint density at radius 1 is 1.35 bits per heavy atom. The van der Waals surface area contributed by atoms with Crippen molar-refractivity contribution in [1.29, 1.82) is 0 Å². The molecule has 3 unspecified atom stereocenters. The molecule has 1 aliphatic rings. The number of aryl methyl sites for hydroxylation is 2. The first kappa shape index (κ1) is 12.6. The first-order valence-electron chi connectivity index (χ1n) is 6.49. The minimum Gasteiger partial charge on any atom is -0.378 e. The van der Waals surface area contributed by atoms with Gasteiger partial charge < -0.3 is 10.1 Å². The van der Waals surface area contributed by atoms with E-state index in [4.69, 9.17) is 4.74 Å². The molecule has 3 atom stereocenters. The predicted octanol–water partition coefficient (Wildman–Crippen LogP) is 2.99. The van der Waals surface area contributed by atoms with E-state index >= 15 is 0 Å². The Balaban J connectivity index is 2.28. The summed E-state index contributed by atoms with van der Waals surface area (Å²) in [5, 5.41) is 3.47. The minimum atomic E-state index is 0.355. The second kappa shape index (κ2) is 5.19. The Morgan fingerprint density at radius 3 is 2.65 bits per heavy atom. The molecule has 0 spiro atoms. The van der Waals surface area contributed by atoms with Crippen molar-refractivity contribution in [3.05, 3.63) is 34.9 Å². The summed E-state index contributed by atoms with van der Waals surface area (Å²) in [6.07, 6.45) is 1.51. The lowest BCUT2D eigenvalue weighted by Gasteiger charge is -2.27. The smallest absolute Gasteiger partial charge is 0.0594 e. The molecule has 2 nitrogen and oxygen atoms in total. The number of rotatable bonds is 3. The number of ether oxygens (including phenoxy) is 1. The molecule has 1 aliphatic heterocycles. The molecule has 0 saturated carbocycles. The average Bonchev–Trinajstić information content (AvgIpc) is 2.69. The fraction of sp³-hybridized carbons (Fsp3) is 0.600. The van der Waals surface area contributed by atoms with Gasteiger partial charge >= 0.3 is 0 Å². The lowest BCUT2D eigenvalue weighted by molar-refractivity contribution is 0.0962. The van der Waals surface area contributed by atoms with Gasteiger partial charge in [-0.1, -0.05) is 23.8 Å². The van der Waals surface area contributed by atoms with E-state index in [-0.39, 0.29) is 0 Å². The molecule has 0 radical (unpaired) electrons. The standard InChI is InChI=1S/C15H23NO/c1-10-5-6-13(11(2)9-10)15(16-4)14-7-8-17-12(14)3/h5-6,9,12,14-16H,7-8H2,1-4H3. The van der Waals surface area contributed by atoms with Crippen molar-refractivity contribution in [1.82, 2.24) is 5.32 Å². The molecule has 2 heteroatoms. The van der Waals surface area contributed by atoms with Gasteiger partial charge in [0, 0.05) is 18.6 Å². The van der Waals surface area contributed by atoms with E-state index in [1.165, 1.54) is 16.7 Å². The highest BCUT2D eigenvalue weighted by Crippen LogP contribution is 2.34. The maximum absolute atomic E-state index is 5.69. The quantitative estimate of drug-likeness (QED) is 0.866. The van der Waals surface area contributed by atoms with Gasteiger partial charge in [0.2, 0.25) is 0 Å². The van der Waals surface area contributed by atoms with Crippen LogP contribution in [0.5, 0.6) is 0 Å². The fourth-order valence-corrected chi connectivity index (χ4v) is 2.96. The Bertz CT molecular complexity index is 389. The van der Waals surface area contributed by atoms with Gasteiger partial charge in [0.25, 0.3) is 0 Å². The molecule has 17 heavy (non-hydrogen) atoms. The first-order chi connectivity index (χ1) is 8.13. The third-order valence-corrected chi connectivity index (χ3v) is 3.93. The topological polar surface area (TPSA) is 21.3 Å². The SMILES string of the molecule is CNC(c1ccc(C)cc1C)C1CCOC1C. The van der Waals surface area contributed by atoms with Gasteiger partial charge in [0.15, 0.2) is 0 Å². The van der Waals surface area contributed by atoms with Crippen molar-refractivity contribution in [3.63, 3.8) is 0 Å². The molecule has 0 aromatic heterocycles. The summed E-state index contributed by atoms with van der Waals surface area (Å²) >= 11 is 0. The van der Waals surface area contributed by atoms with Crippen LogP contribution in [0.4, 0.5) is 0 Å². The van der Waals surface area contributed by atoms with Crippen molar-refractivity contribution < 1.29 is 4.74 Å². The highest BCUT2D eigenvalue weighted by Gasteiger charge is 2.32. The highest BCUT2D eigenvalue weighted by molar-refractivity contribution is 5.33. The monoisotopic (exact) mass is 233 g/mol. The zero-order valence-electron chi connectivity index (χ0n) is 11.3. The summed E-state index contributed by atoms with van der Waals surface area (Å²) < 4.78 is 5.69. The Hall–Kier alpha value is -0.860. The van der Waals surface area contributed by atoms with Gasteiger partial charge in [-0.25, -0.2) is 0 Å². The lowest BCUT2D eigenvalue weighted by atomic mass is 9.86. The molecular weight excluding hydrogens is 210 g/mol. The van der Waals surface area contributed by atoms with Crippen molar-refractivity contribution >= 4 is 0 Å². The van der Waals surface area contributed by atoms with Crippen LogP contribution in [0.25, 0.3) is 0 Å². The second-order valence-electron chi connectivity index (χ2n) is 5.15.